The molecule has 0 spiro atoms. The number of unbranched alkanes of at least 4 members (excludes halogenated alkanes) is 1. The molecule has 0 saturated carbocycles. The second kappa shape index (κ2) is 9.01. The summed E-state index contributed by atoms with van der Waals surface area (Å²) in [6.07, 6.45) is 3.26. The van der Waals surface area contributed by atoms with Crippen LogP contribution in [0.2, 0.25) is 0 Å². The predicted molar refractivity (Wildman–Crippen MR) is 87.7 cm³/mol. The molecule has 1 fully saturated rings. The summed E-state index contributed by atoms with van der Waals surface area (Å²) in [6.45, 7) is 9.30. The van der Waals surface area contributed by atoms with Gasteiger partial charge in [-0.2, -0.15) is 0 Å². The highest BCUT2D eigenvalue weighted by Crippen LogP contribution is 2.18. The van der Waals surface area contributed by atoms with Crippen LogP contribution in [0, 0.1) is 5.92 Å². The zero-order valence-corrected chi connectivity index (χ0v) is 14.8. The summed E-state index contributed by atoms with van der Waals surface area (Å²) in [5.41, 5.74) is -0.265. The molecule has 132 valence electrons. The Morgan fingerprint density at radius 2 is 2.09 bits per heavy atom. The molecule has 1 aliphatic heterocycles. The summed E-state index contributed by atoms with van der Waals surface area (Å²) in [4.78, 5) is 36.4. The Hall–Kier alpha value is -1.43. The molecule has 1 rings (SSSR count). The van der Waals surface area contributed by atoms with E-state index in [2.05, 4.69) is 12.2 Å². The smallest absolute Gasteiger partial charge is 0.232 e. The number of ether oxygens (including phenoxy) is 1. The molecular weight excluding hydrogens is 296 g/mol. The maximum atomic E-state index is 11.8. The molecule has 6 heteroatoms. The van der Waals surface area contributed by atoms with Gasteiger partial charge in [0, 0.05) is 38.5 Å². The van der Waals surface area contributed by atoms with Gasteiger partial charge < -0.3 is 10.1 Å². The molecule has 0 aliphatic carbocycles. The Bertz CT molecular complexity index is 434. The highest BCUT2D eigenvalue weighted by Gasteiger charge is 2.35. The van der Waals surface area contributed by atoms with Crippen LogP contribution < -0.4 is 5.32 Å². The molecule has 0 radical (unpaired) electrons. The number of rotatable bonds is 10. The summed E-state index contributed by atoms with van der Waals surface area (Å²) in [5, 5.41) is 2.83. The molecule has 0 aromatic rings. The number of imide groups is 1. The molecule has 0 aromatic carbocycles. The van der Waals surface area contributed by atoms with Crippen molar-refractivity contribution in [2.45, 2.75) is 65.4 Å². The van der Waals surface area contributed by atoms with Crippen LogP contribution in [0.5, 0.6) is 0 Å². The van der Waals surface area contributed by atoms with Gasteiger partial charge >= 0.3 is 0 Å². The van der Waals surface area contributed by atoms with Crippen molar-refractivity contribution < 1.29 is 19.1 Å². The summed E-state index contributed by atoms with van der Waals surface area (Å²) in [6, 6.07) is 0. The Morgan fingerprint density at radius 3 is 2.65 bits per heavy atom. The van der Waals surface area contributed by atoms with Gasteiger partial charge in [0.05, 0.1) is 5.60 Å². The van der Waals surface area contributed by atoms with Crippen LogP contribution in [-0.2, 0) is 19.1 Å². The van der Waals surface area contributed by atoms with Gasteiger partial charge in [-0.1, -0.05) is 20.3 Å². The fourth-order valence-corrected chi connectivity index (χ4v) is 2.45. The summed E-state index contributed by atoms with van der Waals surface area (Å²) < 4.78 is 5.78. The number of nitrogens with zero attached hydrogens (tertiary/aromatic N) is 1. The maximum absolute atomic E-state index is 11.8. The van der Waals surface area contributed by atoms with Crippen molar-refractivity contribution in [3.63, 3.8) is 0 Å². The Morgan fingerprint density at radius 1 is 1.39 bits per heavy atom. The minimum absolute atomic E-state index is 0.144. The molecule has 1 unspecified atom stereocenters. The summed E-state index contributed by atoms with van der Waals surface area (Å²) in [7, 11) is 0. The van der Waals surface area contributed by atoms with Crippen molar-refractivity contribution >= 4 is 17.7 Å². The van der Waals surface area contributed by atoms with E-state index in [-0.39, 0.29) is 48.6 Å². The monoisotopic (exact) mass is 326 g/mol. The summed E-state index contributed by atoms with van der Waals surface area (Å²) >= 11 is 0. The quantitative estimate of drug-likeness (QED) is 0.491. The van der Waals surface area contributed by atoms with Crippen molar-refractivity contribution in [3.05, 3.63) is 0 Å². The highest BCUT2D eigenvalue weighted by atomic mass is 16.5. The van der Waals surface area contributed by atoms with E-state index in [1.54, 1.807) is 6.92 Å². The van der Waals surface area contributed by atoms with E-state index in [0.29, 0.717) is 6.54 Å². The molecular formula is C17H30N2O4. The molecule has 6 nitrogen and oxygen atoms in total. The van der Waals surface area contributed by atoms with E-state index >= 15 is 0 Å². The van der Waals surface area contributed by atoms with Crippen LogP contribution >= 0.6 is 0 Å². The van der Waals surface area contributed by atoms with Crippen LogP contribution in [0.4, 0.5) is 0 Å². The first-order valence-electron chi connectivity index (χ1n) is 8.51. The van der Waals surface area contributed by atoms with E-state index in [0.717, 1.165) is 25.9 Å². The number of nitrogens with one attached hydrogen (secondary N) is 1. The first-order chi connectivity index (χ1) is 10.8. The van der Waals surface area contributed by atoms with Gasteiger partial charge in [-0.15, -0.1) is 0 Å². The Balaban J connectivity index is 2.22. The van der Waals surface area contributed by atoms with Gasteiger partial charge in [0.1, 0.15) is 0 Å². The topological polar surface area (TPSA) is 75.7 Å². The molecule has 0 aromatic heterocycles. The van der Waals surface area contributed by atoms with E-state index in [4.69, 9.17) is 4.74 Å². The number of carbonyl (C=O) groups excluding carboxylic acids is 3. The maximum Gasteiger partial charge on any atom is 0.232 e. The molecule has 0 bridgehead atoms. The normalized spacial score (nSPS) is 18.6. The number of likely N-dealkylation sites (tertiary alicyclic amines) is 1. The van der Waals surface area contributed by atoms with Crippen molar-refractivity contribution in [3.8, 4) is 0 Å². The van der Waals surface area contributed by atoms with Gasteiger partial charge in [0.2, 0.25) is 17.7 Å². The van der Waals surface area contributed by atoms with Gasteiger partial charge in [-0.25, -0.2) is 0 Å². The highest BCUT2D eigenvalue weighted by molar-refractivity contribution is 6.03. The Labute approximate surface area is 138 Å². The minimum atomic E-state index is -0.265. The predicted octanol–water partition coefficient (Wildman–Crippen LogP) is 1.87. The standard InChI is InChI=1S/C17H30N2O4/c1-5-6-11-23-17(3,4)8-9-18-14(20)7-10-19-15(21)12-13(2)16(19)22/h13H,5-12H2,1-4H3,(H,18,20). The number of hydrogen-bond acceptors (Lipinski definition) is 4. The minimum Gasteiger partial charge on any atom is -0.376 e. The molecule has 1 heterocycles. The second-order valence-corrected chi connectivity index (χ2v) is 6.80. The van der Waals surface area contributed by atoms with Crippen LogP contribution in [0.25, 0.3) is 0 Å². The third-order valence-electron chi connectivity index (χ3n) is 4.07. The first kappa shape index (κ1) is 19.6. The lowest BCUT2D eigenvalue weighted by atomic mass is 10.1. The van der Waals surface area contributed by atoms with Crippen molar-refractivity contribution in [2.24, 2.45) is 5.92 Å². The Kier molecular flexibility index (Phi) is 7.68. The zero-order valence-electron chi connectivity index (χ0n) is 14.8. The first-order valence-corrected chi connectivity index (χ1v) is 8.51. The molecule has 1 N–H and O–H groups in total. The van der Waals surface area contributed by atoms with Crippen LogP contribution in [0.1, 0.15) is 59.8 Å². The van der Waals surface area contributed by atoms with Crippen LogP contribution in [0.15, 0.2) is 0 Å². The lowest BCUT2D eigenvalue weighted by molar-refractivity contribution is -0.139. The van der Waals surface area contributed by atoms with E-state index in [1.165, 1.54) is 4.90 Å². The van der Waals surface area contributed by atoms with Crippen LogP contribution in [0.3, 0.4) is 0 Å². The number of carbonyl (C=O) groups is 3. The zero-order chi connectivity index (χ0) is 17.5. The van der Waals surface area contributed by atoms with Gasteiger partial charge in [-0.05, 0) is 26.7 Å². The largest absolute Gasteiger partial charge is 0.376 e. The van der Waals surface area contributed by atoms with Gasteiger partial charge in [0.15, 0.2) is 0 Å². The fourth-order valence-electron chi connectivity index (χ4n) is 2.45. The van der Waals surface area contributed by atoms with Crippen molar-refractivity contribution in [2.75, 3.05) is 19.7 Å². The lowest BCUT2D eigenvalue weighted by Crippen LogP contribution is -2.36. The van der Waals surface area contributed by atoms with E-state index < -0.39 is 0 Å². The van der Waals surface area contributed by atoms with Crippen molar-refractivity contribution in [1.29, 1.82) is 0 Å². The molecule has 1 aliphatic rings. The van der Waals surface area contributed by atoms with Gasteiger partial charge in [0.25, 0.3) is 0 Å². The van der Waals surface area contributed by atoms with E-state index in [9.17, 15) is 14.4 Å². The van der Waals surface area contributed by atoms with Crippen molar-refractivity contribution in [1.82, 2.24) is 10.2 Å². The summed E-state index contributed by atoms with van der Waals surface area (Å²) in [5.74, 6) is -0.754. The molecule has 3 amide bonds. The molecule has 1 saturated heterocycles. The van der Waals surface area contributed by atoms with Gasteiger partial charge in [-0.3, -0.25) is 19.3 Å². The lowest BCUT2D eigenvalue weighted by Gasteiger charge is -2.25. The number of hydrogen-bond donors (Lipinski definition) is 1. The average molecular weight is 326 g/mol. The third kappa shape index (κ3) is 6.69. The fraction of sp³-hybridized carbons (Fsp3) is 0.824. The average Bonchev–Trinajstić information content (AvgIpc) is 2.70. The van der Waals surface area contributed by atoms with E-state index in [1.807, 2.05) is 13.8 Å². The SMILES string of the molecule is CCCCOC(C)(C)CCNC(=O)CCN1C(=O)CC(C)C1=O. The molecule has 23 heavy (non-hydrogen) atoms. The number of amides is 3. The molecule has 1 atom stereocenters. The second-order valence-electron chi connectivity index (χ2n) is 6.80. The third-order valence-corrected chi connectivity index (χ3v) is 4.07. The van der Waals surface area contributed by atoms with Crippen LogP contribution in [-0.4, -0.2) is 47.9 Å².